The summed E-state index contributed by atoms with van der Waals surface area (Å²) >= 11 is 12.1. The Kier molecular flexibility index (Phi) is 3.71. The van der Waals surface area contributed by atoms with Crippen molar-refractivity contribution >= 4 is 61.3 Å². The molecule has 5 rings (SSSR count). The van der Waals surface area contributed by atoms with Gasteiger partial charge in [-0.25, -0.2) is 0 Å². The molecule has 1 heterocycles. The third kappa shape index (κ3) is 2.53. The molecule has 0 spiro atoms. The van der Waals surface area contributed by atoms with E-state index in [1.54, 1.807) is 6.07 Å². The molecule has 0 unspecified atom stereocenters. The lowest BCUT2D eigenvalue weighted by Crippen LogP contribution is -2.05. The zero-order chi connectivity index (χ0) is 18.5. The predicted molar refractivity (Wildman–Crippen MR) is 112 cm³/mol. The fourth-order valence-electron chi connectivity index (χ4n) is 3.57. The van der Waals surface area contributed by atoms with Crippen molar-refractivity contribution in [3.63, 3.8) is 0 Å². The van der Waals surface area contributed by atoms with Crippen molar-refractivity contribution in [3.05, 3.63) is 88.6 Å². The summed E-state index contributed by atoms with van der Waals surface area (Å²) in [7, 11) is 0. The maximum Gasteiger partial charge on any atom is 0.209 e. The molecule has 4 heteroatoms. The van der Waals surface area contributed by atoms with Crippen molar-refractivity contribution in [2.24, 2.45) is 0 Å². The highest BCUT2D eigenvalue weighted by molar-refractivity contribution is 6.51. The minimum Gasteiger partial charge on any atom is -0.464 e. The molecule has 0 atom stereocenters. The van der Waals surface area contributed by atoms with E-state index in [9.17, 15) is 4.79 Å². The number of allylic oxidation sites excluding steroid dienone is 3. The van der Waals surface area contributed by atoms with Gasteiger partial charge in [-0.3, -0.25) is 4.79 Å². The number of halogens is 2. The van der Waals surface area contributed by atoms with Gasteiger partial charge in [0.05, 0.1) is 16.9 Å². The Hall–Kier alpha value is -2.81. The van der Waals surface area contributed by atoms with E-state index in [-0.39, 0.29) is 15.8 Å². The number of hydrogen-bond acceptors (Lipinski definition) is 2. The maximum absolute atomic E-state index is 12.7. The number of Topliss-reactive ketones (excluding diaryl/α,β-unsaturated/α-hetero) is 1. The van der Waals surface area contributed by atoms with Crippen LogP contribution < -0.4 is 4.74 Å². The van der Waals surface area contributed by atoms with Gasteiger partial charge in [0.1, 0.15) is 10.8 Å². The molecule has 0 bridgehead atoms. The van der Waals surface area contributed by atoms with Crippen LogP contribution in [0.25, 0.3) is 32.3 Å². The highest BCUT2D eigenvalue weighted by Gasteiger charge is 2.22. The second kappa shape index (κ2) is 6.12. The lowest BCUT2D eigenvalue weighted by atomic mass is 9.95. The first-order valence-corrected chi connectivity index (χ1v) is 9.20. The zero-order valence-corrected chi connectivity index (χ0v) is 15.5. The van der Waals surface area contributed by atoms with Crippen LogP contribution in [0.15, 0.2) is 83.1 Å². The Labute approximate surface area is 165 Å². The number of rotatable bonds is 0. The average Bonchev–Trinajstić information content (AvgIpc) is 2.70. The quantitative estimate of drug-likeness (QED) is 0.240. The van der Waals surface area contributed by atoms with Gasteiger partial charge in [-0.1, -0.05) is 59.6 Å². The molecular weight excluding hydrogens is 379 g/mol. The standard InChI is InChI=1S/C23H12Cl2O2/c24-20-9-10-27-23-17-6-5-15-11-13-3-1-2-4-14(13)12-19(15)16(17)7-8-18(23)22(26)21(20)25/h1-12H/b10-9-,21-20-. The Morgan fingerprint density at radius 1 is 0.741 bits per heavy atom. The molecule has 0 aliphatic carbocycles. The molecule has 2 nitrogen and oxygen atoms in total. The summed E-state index contributed by atoms with van der Waals surface area (Å²) in [6.07, 6.45) is 2.94. The van der Waals surface area contributed by atoms with Crippen LogP contribution in [0.2, 0.25) is 0 Å². The van der Waals surface area contributed by atoms with Crippen molar-refractivity contribution in [2.45, 2.75) is 0 Å². The normalized spacial score (nSPS) is 18.2. The lowest BCUT2D eigenvalue weighted by Gasteiger charge is -2.15. The van der Waals surface area contributed by atoms with Crippen molar-refractivity contribution in [1.82, 2.24) is 0 Å². The first-order valence-electron chi connectivity index (χ1n) is 8.45. The van der Waals surface area contributed by atoms with Gasteiger partial charge in [-0.15, -0.1) is 0 Å². The van der Waals surface area contributed by atoms with Crippen molar-refractivity contribution < 1.29 is 9.53 Å². The smallest absolute Gasteiger partial charge is 0.209 e. The molecule has 0 aromatic heterocycles. The fraction of sp³-hybridized carbons (Fsp3) is 0. The van der Waals surface area contributed by atoms with Gasteiger partial charge in [0.15, 0.2) is 0 Å². The van der Waals surface area contributed by atoms with Crippen LogP contribution in [0.1, 0.15) is 10.4 Å². The number of ether oxygens (including phenoxy) is 1. The fourth-order valence-corrected chi connectivity index (χ4v) is 3.87. The summed E-state index contributed by atoms with van der Waals surface area (Å²) in [5.74, 6) is 0.146. The van der Waals surface area contributed by atoms with Crippen LogP contribution in [0.5, 0.6) is 5.75 Å². The van der Waals surface area contributed by atoms with Gasteiger partial charge >= 0.3 is 0 Å². The van der Waals surface area contributed by atoms with E-state index in [0.717, 1.165) is 21.5 Å². The van der Waals surface area contributed by atoms with Gasteiger partial charge < -0.3 is 4.74 Å². The molecule has 4 aromatic rings. The third-order valence-corrected chi connectivity index (χ3v) is 5.67. The van der Waals surface area contributed by atoms with Gasteiger partial charge in [-0.2, -0.15) is 0 Å². The van der Waals surface area contributed by atoms with Crippen LogP contribution in [0.4, 0.5) is 0 Å². The summed E-state index contributed by atoms with van der Waals surface area (Å²) < 4.78 is 5.79. The van der Waals surface area contributed by atoms with Crippen LogP contribution in [-0.4, -0.2) is 5.78 Å². The summed E-state index contributed by atoms with van der Waals surface area (Å²) in [6.45, 7) is 0. The van der Waals surface area contributed by atoms with Crippen molar-refractivity contribution in [1.29, 1.82) is 0 Å². The Balaban J connectivity index is 1.86. The topological polar surface area (TPSA) is 26.3 Å². The molecule has 1 aliphatic heterocycles. The Morgan fingerprint density at radius 2 is 1.48 bits per heavy atom. The van der Waals surface area contributed by atoms with E-state index in [2.05, 4.69) is 24.3 Å². The van der Waals surface area contributed by atoms with Crippen molar-refractivity contribution in [2.75, 3.05) is 0 Å². The number of hydrogen-bond donors (Lipinski definition) is 0. The SMILES string of the molecule is O=C1/C(Cl)=C(Cl)\C=C/Oc2c1ccc1c2ccc2cc3ccccc3cc21. The van der Waals surface area contributed by atoms with Crippen LogP contribution in [0.3, 0.4) is 0 Å². The summed E-state index contributed by atoms with van der Waals surface area (Å²) in [5.41, 5.74) is 0.398. The minimum atomic E-state index is -0.346. The van der Waals surface area contributed by atoms with E-state index in [1.807, 2.05) is 30.3 Å². The molecule has 130 valence electrons. The van der Waals surface area contributed by atoms with Gasteiger partial charge in [0.25, 0.3) is 0 Å². The third-order valence-electron chi connectivity index (χ3n) is 4.89. The second-order valence-electron chi connectivity index (χ2n) is 6.44. The molecular formula is C23H12Cl2O2. The highest BCUT2D eigenvalue weighted by atomic mass is 35.5. The molecule has 0 saturated heterocycles. The van der Waals surface area contributed by atoms with Gasteiger partial charge in [0.2, 0.25) is 5.78 Å². The molecule has 0 fully saturated rings. The highest BCUT2D eigenvalue weighted by Crippen LogP contribution is 2.38. The van der Waals surface area contributed by atoms with E-state index >= 15 is 0 Å². The first-order chi connectivity index (χ1) is 13.1. The predicted octanol–water partition coefficient (Wildman–Crippen LogP) is 6.92. The van der Waals surface area contributed by atoms with Crippen molar-refractivity contribution in [3.8, 4) is 5.75 Å². The molecule has 0 N–H and O–H groups in total. The second-order valence-corrected chi connectivity index (χ2v) is 7.22. The number of carbonyl (C=O) groups is 1. The number of fused-ring (bicyclic) bond motifs is 6. The largest absolute Gasteiger partial charge is 0.464 e. The summed E-state index contributed by atoms with van der Waals surface area (Å²) in [5, 5.41) is 6.63. The minimum absolute atomic E-state index is 0.0106. The van der Waals surface area contributed by atoms with E-state index in [4.69, 9.17) is 27.9 Å². The number of benzene rings is 4. The Morgan fingerprint density at radius 3 is 2.30 bits per heavy atom. The van der Waals surface area contributed by atoms with E-state index in [0.29, 0.717) is 11.3 Å². The molecule has 1 aliphatic rings. The lowest BCUT2D eigenvalue weighted by molar-refractivity contribution is 0.103. The first kappa shape index (κ1) is 16.4. The Bertz CT molecular complexity index is 1330. The van der Waals surface area contributed by atoms with Gasteiger partial charge in [0, 0.05) is 5.39 Å². The molecule has 4 aromatic carbocycles. The van der Waals surface area contributed by atoms with Gasteiger partial charge in [-0.05, 0) is 57.3 Å². The molecule has 0 radical (unpaired) electrons. The monoisotopic (exact) mass is 390 g/mol. The van der Waals surface area contributed by atoms with E-state index < -0.39 is 0 Å². The number of carbonyl (C=O) groups excluding carboxylic acids is 1. The summed E-state index contributed by atoms with van der Waals surface area (Å²) in [4.78, 5) is 12.7. The molecule has 0 saturated carbocycles. The molecule has 0 amide bonds. The maximum atomic E-state index is 12.7. The summed E-state index contributed by atoms with van der Waals surface area (Å²) in [6, 6.07) is 20.3. The zero-order valence-electron chi connectivity index (χ0n) is 14.0. The van der Waals surface area contributed by atoms with Crippen LogP contribution in [-0.2, 0) is 0 Å². The van der Waals surface area contributed by atoms with E-state index in [1.165, 1.54) is 23.1 Å². The molecule has 27 heavy (non-hydrogen) atoms. The van der Waals surface area contributed by atoms with Crippen LogP contribution in [0, 0.1) is 0 Å². The average molecular weight is 391 g/mol. The number of ketones is 1. The van der Waals surface area contributed by atoms with Crippen LogP contribution >= 0.6 is 23.2 Å².